The summed E-state index contributed by atoms with van der Waals surface area (Å²) in [5.74, 6) is 0.888. The normalized spacial score (nSPS) is 24.8. The molecule has 1 fully saturated rings. The van der Waals surface area contributed by atoms with Gasteiger partial charge in [-0.2, -0.15) is 0 Å². The molecule has 4 aromatic carbocycles. The van der Waals surface area contributed by atoms with Crippen molar-refractivity contribution in [1.29, 1.82) is 0 Å². The van der Waals surface area contributed by atoms with Gasteiger partial charge < -0.3 is 9.47 Å². The van der Waals surface area contributed by atoms with E-state index in [1.54, 1.807) is 0 Å². The molecule has 0 bridgehead atoms. The van der Waals surface area contributed by atoms with Gasteiger partial charge in [0.15, 0.2) is 12.1 Å². The second-order valence-electron chi connectivity index (χ2n) is 11.9. The van der Waals surface area contributed by atoms with Crippen molar-refractivity contribution >= 4 is 22.6 Å². The van der Waals surface area contributed by atoms with Crippen LogP contribution in [-0.2, 0) is 19.7 Å². The SMILES string of the molecule is C[C@@H]1CC[C@@H](C(C)(C)c2ccccc2)[C@H](OC(=O)[C@@H]2N=C(c3ccccc3)O[C@H]2c2cccc3ccccc23)C1. The van der Waals surface area contributed by atoms with Gasteiger partial charge in [0.05, 0.1) is 0 Å². The van der Waals surface area contributed by atoms with Crippen molar-refractivity contribution in [1.82, 2.24) is 0 Å². The van der Waals surface area contributed by atoms with Gasteiger partial charge >= 0.3 is 5.97 Å². The molecule has 4 heteroatoms. The standard InChI is InChI=1S/C36H37NO3/c1-24-21-22-30(36(2,3)27-17-8-5-9-18-27)31(23-24)39-35(38)32-33(40-34(37-32)26-14-6-4-7-15-26)29-20-12-16-25-13-10-11-19-28(25)29/h4-20,24,30-33H,21-23H2,1-3H3/t24-,30-,31-,32-,33+/m1/s1. The minimum Gasteiger partial charge on any atom is -0.466 e. The van der Waals surface area contributed by atoms with E-state index in [9.17, 15) is 4.79 Å². The van der Waals surface area contributed by atoms with Gasteiger partial charge in [0.25, 0.3) is 0 Å². The quantitative estimate of drug-likeness (QED) is 0.237. The Labute approximate surface area is 237 Å². The predicted molar refractivity (Wildman–Crippen MR) is 160 cm³/mol. The lowest BCUT2D eigenvalue weighted by atomic mass is 9.64. The summed E-state index contributed by atoms with van der Waals surface area (Å²) in [5.41, 5.74) is 2.95. The molecule has 0 unspecified atom stereocenters. The molecule has 2 aliphatic rings. The molecular formula is C36H37NO3. The van der Waals surface area contributed by atoms with E-state index in [1.807, 2.05) is 54.6 Å². The van der Waals surface area contributed by atoms with Gasteiger partial charge in [-0.25, -0.2) is 9.79 Å². The summed E-state index contributed by atoms with van der Waals surface area (Å²) in [4.78, 5) is 19.0. The van der Waals surface area contributed by atoms with E-state index in [0.29, 0.717) is 11.8 Å². The number of fused-ring (bicyclic) bond motifs is 1. The van der Waals surface area contributed by atoms with Crippen molar-refractivity contribution in [2.24, 2.45) is 16.8 Å². The highest BCUT2D eigenvalue weighted by molar-refractivity contribution is 5.99. The van der Waals surface area contributed by atoms with E-state index in [1.165, 1.54) is 5.56 Å². The first-order chi connectivity index (χ1) is 19.4. The lowest BCUT2D eigenvalue weighted by Crippen LogP contribution is -2.45. The van der Waals surface area contributed by atoms with Gasteiger partial charge in [-0.3, -0.25) is 0 Å². The van der Waals surface area contributed by atoms with E-state index in [0.717, 1.165) is 41.2 Å². The number of benzene rings is 4. The Bertz CT molecular complexity index is 1510. The van der Waals surface area contributed by atoms with Crippen LogP contribution in [-0.4, -0.2) is 24.0 Å². The molecule has 1 aliphatic carbocycles. The van der Waals surface area contributed by atoms with E-state index in [2.05, 4.69) is 69.3 Å². The molecule has 1 aliphatic heterocycles. The summed E-state index contributed by atoms with van der Waals surface area (Å²) in [6.45, 7) is 6.83. The van der Waals surface area contributed by atoms with Gasteiger partial charge in [-0.1, -0.05) is 118 Å². The fourth-order valence-corrected chi connectivity index (χ4v) is 6.63. The number of carbonyl (C=O) groups excluding carboxylic acids is 1. The Morgan fingerprint density at radius 1 is 0.850 bits per heavy atom. The summed E-state index contributed by atoms with van der Waals surface area (Å²) >= 11 is 0. The zero-order valence-corrected chi connectivity index (χ0v) is 23.5. The fraction of sp³-hybridized carbons (Fsp3) is 0.333. The van der Waals surface area contributed by atoms with Crippen LogP contribution >= 0.6 is 0 Å². The average molecular weight is 532 g/mol. The second-order valence-corrected chi connectivity index (χ2v) is 11.9. The Hall–Kier alpha value is -3.92. The zero-order valence-electron chi connectivity index (χ0n) is 23.5. The maximum absolute atomic E-state index is 14.1. The Morgan fingerprint density at radius 2 is 1.52 bits per heavy atom. The number of nitrogens with zero attached hydrogens (tertiary/aromatic N) is 1. The third kappa shape index (κ3) is 5.03. The molecular weight excluding hydrogens is 494 g/mol. The van der Waals surface area contributed by atoms with Crippen molar-refractivity contribution in [2.45, 2.75) is 63.7 Å². The smallest absolute Gasteiger partial charge is 0.335 e. The van der Waals surface area contributed by atoms with Gasteiger partial charge in [0.2, 0.25) is 5.90 Å². The van der Waals surface area contributed by atoms with Gasteiger partial charge in [-0.05, 0) is 52.6 Å². The third-order valence-electron chi connectivity index (χ3n) is 8.94. The first-order valence-electron chi connectivity index (χ1n) is 14.5. The monoisotopic (exact) mass is 531 g/mol. The van der Waals surface area contributed by atoms with Crippen LogP contribution in [0.3, 0.4) is 0 Å². The maximum Gasteiger partial charge on any atom is 0.335 e. The zero-order chi connectivity index (χ0) is 27.7. The average Bonchev–Trinajstić information content (AvgIpc) is 3.43. The van der Waals surface area contributed by atoms with Crippen LogP contribution in [0.15, 0.2) is 108 Å². The number of carbonyl (C=O) groups is 1. The van der Waals surface area contributed by atoms with Crippen LogP contribution in [0, 0.1) is 11.8 Å². The van der Waals surface area contributed by atoms with E-state index < -0.39 is 12.1 Å². The largest absolute Gasteiger partial charge is 0.466 e. The fourth-order valence-electron chi connectivity index (χ4n) is 6.63. The first kappa shape index (κ1) is 26.3. The second kappa shape index (κ2) is 10.9. The summed E-state index contributed by atoms with van der Waals surface area (Å²) in [6.07, 6.45) is 2.27. The molecule has 4 aromatic rings. The number of aliphatic imine (C=N–C) groups is 1. The summed E-state index contributed by atoms with van der Waals surface area (Å²) in [6, 6.07) is 34.0. The van der Waals surface area contributed by atoms with Gasteiger partial charge in [-0.15, -0.1) is 0 Å². The summed E-state index contributed by atoms with van der Waals surface area (Å²) in [5, 5.41) is 2.17. The van der Waals surface area contributed by atoms with Crippen LogP contribution < -0.4 is 0 Å². The topological polar surface area (TPSA) is 47.9 Å². The molecule has 0 amide bonds. The van der Waals surface area contributed by atoms with Crippen LogP contribution in [0.25, 0.3) is 10.8 Å². The van der Waals surface area contributed by atoms with E-state index in [4.69, 9.17) is 14.5 Å². The molecule has 0 saturated heterocycles. The Balaban J connectivity index is 1.34. The van der Waals surface area contributed by atoms with Crippen LogP contribution in [0.4, 0.5) is 0 Å². The van der Waals surface area contributed by atoms with E-state index in [-0.39, 0.29) is 23.4 Å². The molecule has 0 spiro atoms. The maximum atomic E-state index is 14.1. The molecule has 0 radical (unpaired) electrons. The highest BCUT2D eigenvalue weighted by Gasteiger charge is 2.45. The number of hydrogen-bond acceptors (Lipinski definition) is 4. The van der Waals surface area contributed by atoms with Gasteiger partial charge in [0, 0.05) is 17.0 Å². The first-order valence-corrected chi connectivity index (χ1v) is 14.5. The number of rotatable bonds is 6. The minimum absolute atomic E-state index is 0.133. The molecule has 204 valence electrons. The van der Waals surface area contributed by atoms with Crippen molar-refractivity contribution in [2.75, 3.05) is 0 Å². The van der Waals surface area contributed by atoms with Crippen LogP contribution in [0.1, 0.15) is 62.8 Å². The highest BCUT2D eigenvalue weighted by atomic mass is 16.6. The third-order valence-corrected chi connectivity index (χ3v) is 8.94. The summed E-state index contributed by atoms with van der Waals surface area (Å²) in [7, 11) is 0. The van der Waals surface area contributed by atoms with Crippen molar-refractivity contribution in [3.05, 3.63) is 120 Å². The molecule has 1 heterocycles. The Kier molecular flexibility index (Phi) is 7.18. The summed E-state index contributed by atoms with van der Waals surface area (Å²) < 4.78 is 13.0. The van der Waals surface area contributed by atoms with E-state index >= 15 is 0 Å². The van der Waals surface area contributed by atoms with Gasteiger partial charge in [0.1, 0.15) is 6.10 Å². The number of ether oxygens (including phenoxy) is 2. The lowest BCUT2D eigenvalue weighted by molar-refractivity contribution is -0.159. The molecule has 0 aromatic heterocycles. The number of esters is 1. The lowest BCUT2D eigenvalue weighted by Gasteiger charge is -2.44. The minimum atomic E-state index is -0.779. The predicted octanol–water partition coefficient (Wildman–Crippen LogP) is 8.05. The Morgan fingerprint density at radius 3 is 2.30 bits per heavy atom. The number of hydrogen-bond donors (Lipinski definition) is 0. The molecule has 6 rings (SSSR count). The van der Waals surface area contributed by atoms with Crippen molar-refractivity contribution < 1.29 is 14.3 Å². The molecule has 4 nitrogen and oxygen atoms in total. The van der Waals surface area contributed by atoms with Crippen molar-refractivity contribution in [3.63, 3.8) is 0 Å². The molecule has 1 saturated carbocycles. The molecule has 5 atom stereocenters. The van der Waals surface area contributed by atoms with Crippen molar-refractivity contribution in [3.8, 4) is 0 Å². The molecule has 0 N–H and O–H groups in total. The van der Waals surface area contributed by atoms with Crippen LogP contribution in [0.5, 0.6) is 0 Å². The van der Waals surface area contributed by atoms with Crippen LogP contribution in [0.2, 0.25) is 0 Å². The highest BCUT2D eigenvalue weighted by Crippen LogP contribution is 2.44. The molecule has 40 heavy (non-hydrogen) atoms.